The van der Waals surface area contributed by atoms with Gasteiger partial charge >= 0.3 is 0 Å². The van der Waals surface area contributed by atoms with E-state index in [9.17, 15) is 0 Å². The van der Waals surface area contributed by atoms with Crippen LogP contribution in [0.1, 0.15) is 123 Å². The van der Waals surface area contributed by atoms with Crippen LogP contribution in [0.2, 0.25) is 0 Å². The molecule has 0 unspecified atom stereocenters. The second kappa shape index (κ2) is 19.9. The minimum atomic E-state index is 0.690. The van der Waals surface area contributed by atoms with Gasteiger partial charge in [0.25, 0.3) is 0 Å². The molecule has 0 heterocycles. The van der Waals surface area contributed by atoms with E-state index in [1.165, 1.54) is 95.5 Å². The molecule has 2 heteroatoms. The smallest absolute Gasteiger partial charge is 0.123 e. The quantitative estimate of drug-likeness (QED) is 0.202. The minimum absolute atomic E-state index is 0.690. The largest absolute Gasteiger partial charge is 0.493 e. The zero-order valence-corrected chi connectivity index (χ0v) is 20.5. The van der Waals surface area contributed by atoms with E-state index in [0.717, 1.165) is 31.9 Å². The molecule has 1 rings (SSSR count). The Hall–Kier alpha value is -1.02. The van der Waals surface area contributed by atoms with Crippen molar-refractivity contribution in [2.24, 2.45) is 5.92 Å². The molecule has 1 aromatic carbocycles. The van der Waals surface area contributed by atoms with Crippen LogP contribution in [0.4, 0.5) is 0 Å². The predicted molar refractivity (Wildman–Crippen MR) is 133 cm³/mol. The highest BCUT2D eigenvalue weighted by molar-refractivity contribution is 5.33. The van der Waals surface area contributed by atoms with Gasteiger partial charge in [0.15, 0.2) is 0 Å². The van der Waals surface area contributed by atoms with Gasteiger partial charge in [-0.1, -0.05) is 122 Å². The molecule has 0 aliphatic carbocycles. The molecular formula is C28H51NO. The topological polar surface area (TPSA) is 21.3 Å². The average molecular weight is 418 g/mol. The van der Waals surface area contributed by atoms with Crippen LogP contribution in [0.15, 0.2) is 24.3 Å². The molecule has 2 nitrogen and oxygen atoms in total. The second-order valence-electron chi connectivity index (χ2n) is 9.41. The van der Waals surface area contributed by atoms with Gasteiger partial charge < -0.3 is 10.1 Å². The van der Waals surface area contributed by atoms with Crippen molar-refractivity contribution in [3.63, 3.8) is 0 Å². The highest BCUT2D eigenvalue weighted by Gasteiger charge is 2.03. The van der Waals surface area contributed by atoms with Crippen LogP contribution in [0.5, 0.6) is 5.75 Å². The molecule has 0 bridgehead atoms. The normalized spacial score (nSPS) is 11.3. The van der Waals surface area contributed by atoms with E-state index in [0.29, 0.717) is 5.92 Å². The van der Waals surface area contributed by atoms with Gasteiger partial charge in [-0.05, 0) is 31.4 Å². The van der Waals surface area contributed by atoms with E-state index < -0.39 is 0 Å². The molecular weight excluding hydrogens is 366 g/mol. The lowest BCUT2D eigenvalue weighted by Gasteiger charge is -2.13. The monoisotopic (exact) mass is 417 g/mol. The lowest BCUT2D eigenvalue weighted by molar-refractivity contribution is 0.286. The Labute approximate surface area is 188 Å². The third-order valence-electron chi connectivity index (χ3n) is 5.95. The molecule has 0 aromatic heterocycles. The molecule has 0 aliphatic heterocycles. The summed E-state index contributed by atoms with van der Waals surface area (Å²) in [5, 5.41) is 3.60. The molecule has 0 fully saturated rings. The molecule has 0 atom stereocenters. The van der Waals surface area contributed by atoms with Crippen molar-refractivity contribution in [3.05, 3.63) is 29.8 Å². The summed E-state index contributed by atoms with van der Waals surface area (Å²) in [6, 6.07) is 8.47. The van der Waals surface area contributed by atoms with Gasteiger partial charge in [-0.25, -0.2) is 0 Å². The molecule has 0 spiro atoms. The fourth-order valence-corrected chi connectivity index (χ4v) is 3.86. The lowest BCUT2D eigenvalue weighted by Crippen LogP contribution is -2.15. The first-order chi connectivity index (χ1) is 14.7. The van der Waals surface area contributed by atoms with Crippen molar-refractivity contribution in [2.75, 3.05) is 13.2 Å². The zero-order valence-electron chi connectivity index (χ0n) is 20.5. The molecule has 1 aromatic rings. The molecule has 174 valence electrons. The Morgan fingerprint density at radius 2 is 1.27 bits per heavy atom. The third kappa shape index (κ3) is 15.8. The van der Waals surface area contributed by atoms with Crippen molar-refractivity contribution in [1.29, 1.82) is 0 Å². The molecule has 1 N–H and O–H groups in total. The van der Waals surface area contributed by atoms with E-state index in [1.54, 1.807) is 0 Å². The second-order valence-corrected chi connectivity index (χ2v) is 9.41. The van der Waals surface area contributed by atoms with Crippen LogP contribution in [0, 0.1) is 5.92 Å². The first-order valence-corrected chi connectivity index (χ1v) is 13.2. The fourth-order valence-electron chi connectivity index (χ4n) is 3.86. The maximum absolute atomic E-state index is 5.99. The first kappa shape index (κ1) is 27.0. The van der Waals surface area contributed by atoms with Gasteiger partial charge in [-0.15, -0.1) is 0 Å². The molecule has 0 amide bonds. The van der Waals surface area contributed by atoms with Crippen LogP contribution in [0.25, 0.3) is 0 Å². The van der Waals surface area contributed by atoms with Crippen molar-refractivity contribution in [1.82, 2.24) is 5.32 Å². The number of para-hydroxylation sites is 1. The summed E-state index contributed by atoms with van der Waals surface area (Å²) in [6.45, 7) is 9.62. The summed E-state index contributed by atoms with van der Waals surface area (Å²) in [4.78, 5) is 0. The van der Waals surface area contributed by atoms with E-state index in [2.05, 4.69) is 50.4 Å². The van der Waals surface area contributed by atoms with Crippen molar-refractivity contribution in [2.45, 2.75) is 124 Å². The van der Waals surface area contributed by atoms with Gasteiger partial charge in [-0.3, -0.25) is 0 Å². The average Bonchev–Trinajstić information content (AvgIpc) is 2.74. The van der Waals surface area contributed by atoms with Crippen LogP contribution in [-0.4, -0.2) is 13.2 Å². The summed E-state index contributed by atoms with van der Waals surface area (Å²) in [5.41, 5.74) is 1.28. The molecule has 0 radical (unpaired) electrons. The third-order valence-corrected chi connectivity index (χ3v) is 5.95. The van der Waals surface area contributed by atoms with Gasteiger partial charge in [0.2, 0.25) is 0 Å². The molecule has 0 aliphatic rings. The van der Waals surface area contributed by atoms with Gasteiger partial charge in [-0.2, -0.15) is 0 Å². The maximum Gasteiger partial charge on any atom is 0.123 e. The number of hydrogen-bond acceptors (Lipinski definition) is 2. The summed E-state index contributed by atoms with van der Waals surface area (Å²) >= 11 is 0. The minimum Gasteiger partial charge on any atom is -0.493 e. The predicted octanol–water partition coefficient (Wildman–Crippen LogP) is 8.68. The van der Waals surface area contributed by atoms with Crippen molar-refractivity contribution < 1.29 is 4.74 Å². The van der Waals surface area contributed by atoms with Crippen LogP contribution in [-0.2, 0) is 6.54 Å². The van der Waals surface area contributed by atoms with Crippen molar-refractivity contribution >= 4 is 0 Å². The zero-order chi connectivity index (χ0) is 21.7. The van der Waals surface area contributed by atoms with Gasteiger partial charge in [0.1, 0.15) is 5.75 Å². The first-order valence-electron chi connectivity index (χ1n) is 13.2. The molecule has 0 saturated carbocycles. The summed E-state index contributed by atoms with van der Waals surface area (Å²) in [6.07, 6.45) is 21.0. The number of rotatable bonds is 21. The van der Waals surface area contributed by atoms with E-state index >= 15 is 0 Å². The lowest BCUT2D eigenvalue weighted by atomic mass is 10.0. The van der Waals surface area contributed by atoms with Crippen LogP contribution >= 0.6 is 0 Å². The summed E-state index contributed by atoms with van der Waals surface area (Å²) in [7, 11) is 0. The Kier molecular flexibility index (Phi) is 17.9. The van der Waals surface area contributed by atoms with Gasteiger partial charge in [0, 0.05) is 12.1 Å². The summed E-state index contributed by atoms with van der Waals surface area (Å²) in [5.74, 6) is 1.74. The van der Waals surface area contributed by atoms with E-state index in [-0.39, 0.29) is 0 Å². The maximum atomic E-state index is 5.99. The summed E-state index contributed by atoms with van der Waals surface area (Å²) < 4.78 is 5.99. The number of benzene rings is 1. The van der Waals surface area contributed by atoms with Crippen LogP contribution in [0.3, 0.4) is 0 Å². The highest BCUT2D eigenvalue weighted by Crippen LogP contribution is 2.18. The van der Waals surface area contributed by atoms with E-state index in [1.807, 2.05) is 0 Å². The Bertz CT molecular complexity index is 485. The highest BCUT2D eigenvalue weighted by atomic mass is 16.5. The Balaban J connectivity index is 1.91. The molecule has 30 heavy (non-hydrogen) atoms. The fraction of sp³-hybridized carbons (Fsp3) is 0.786. The SMILES string of the molecule is CCCCCCCCCCCCCCCCNCc1ccccc1OCCC(C)C. The van der Waals surface area contributed by atoms with Crippen molar-refractivity contribution in [3.8, 4) is 5.75 Å². The van der Waals surface area contributed by atoms with Crippen LogP contribution < -0.4 is 10.1 Å². The number of unbranched alkanes of at least 4 members (excludes halogenated alkanes) is 13. The van der Waals surface area contributed by atoms with E-state index in [4.69, 9.17) is 4.74 Å². The Morgan fingerprint density at radius 1 is 0.733 bits per heavy atom. The number of nitrogens with one attached hydrogen (secondary N) is 1. The Morgan fingerprint density at radius 3 is 1.83 bits per heavy atom. The number of hydrogen-bond donors (Lipinski definition) is 1. The standard InChI is InChI=1S/C28H51NO/c1-4-5-6-7-8-9-10-11-12-13-14-15-16-19-23-29-25-27-20-17-18-21-28(27)30-24-22-26(2)3/h17-18,20-21,26,29H,4-16,19,22-25H2,1-3H3. The molecule has 0 saturated heterocycles. The number of ether oxygens (including phenoxy) is 1. The van der Waals surface area contributed by atoms with Gasteiger partial charge in [0.05, 0.1) is 6.61 Å².